The lowest BCUT2D eigenvalue weighted by Gasteiger charge is -2.12. The van der Waals surface area contributed by atoms with Gasteiger partial charge in [0, 0.05) is 23.8 Å². The SMILES string of the molecule is CC(=O)N[C@@H](CSc1cc(Cl)ccc1[N+](=O)[O-])C(=O)O. The monoisotopic (exact) mass is 318 g/mol. The first-order valence-electron chi connectivity index (χ1n) is 5.38. The zero-order valence-corrected chi connectivity index (χ0v) is 11.9. The van der Waals surface area contributed by atoms with E-state index < -0.39 is 22.8 Å². The van der Waals surface area contributed by atoms with Crippen LogP contribution in [0, 0.1) is 10.1 Å². The maximum Gasteiger partial charge on any atom is 0.327 e. The summed E-state index contributed by atoms with van der Waals surface area (Å²) in [4.78, 5) is 32.4. The number of rotatable bonds is 6. The summed E-state index contributed by atoms with van der Waals surface area (Å²) < 4.78 is 0. The molecule has 0 fully saturated rings. The summed E-state index contributed by atoms with van der Waals surface area (Å²) in [6.07, 6.45) is 0. The number of hydrogen-bond acceptors (Lipinski definition) is 5. The van der Waals surface area contributed by atoms with Crippen LogP contribution < -0.4 is 5.32 Å². The number of carboxylic acid groups (broad SMARTS) is 1. The number of nitrogens with one attached hydrogen (secondary N) is 1. The van der Waals surface area contributed by atoms with E-state index in [1.807, 2.05) is 0 Å². The minimum absolute atomic E-state index is 0.0455. The van der Waals surface area contributed by atoms with Crippen LogP contribution in [0.5, 0.6) is 0 Å². The molecule has 0 saturated carbocycles. The molecule has 1 aromatic carbocycles. The maximum absolute atomic E-state index is 11.0. The fourth-order valence-corrected chi connectivity index (χ4v) is 2.66. The zero-order valence-electron chi connectivity index (χ0n) is 10.3. The van der Waals surface area contributed by atoms with Crippen LogP contribution in [0.2, 0.25) is 5.02 Å². The van der Waals surface area contributed by atoms with Gasteiger partial charge in [-0.3, -0.25) is 14.9 Å². The van der Waals surface area contributed by atoms with Crippen LogP contribution >= 0.6 is 23.4 Å². The van der Waals surface area contributed by atoms with Crippen molar-refractivity contribution >= 4 is 40.9 Å². The first-order valence-corrected chi connectivity index (χ1v) is 6.74. The second-order valence-corrected chi connectivity index (χ2v) is 5.27. The van der Waals surface area contributed by atoms with E-state index >= 15 is 0 Å². The highest BCUT2D eigenvalue weighted by molar-refractivity contribution is 7.99. The van der Waals surface area contributed by atoms with Crippen molar-refractivity contribution in [3.8, 4) is 0 Å². The highest BCUT2D eigenvalue weighted by Crippen LogP contribution is 2.32. The number of carbonyl (C=O) groups is 2. The van der Waals surface area contributed by atoms with Gasteiger partial charge < -0.3 is 10.4 Å². The molecule has 0 aliphatic heterocycles. The van der Waals surface area contributed by atoms with Crippen LogP contribution in [0.1, 0.15) is 6.92 Å². The molecule has 1 amide bonds. The molecule has 0 spiro atoms. The van der Waals surface area contributed by atoms with Gasteiger partial charge in [-0.05, 0) is 12.1 Å². The summed E-state index contributed by atoms with van der Waals surface area (Å²) in [7, 11) is 0. The fraction of sp³-hybridized carbons (Fsp3) is 0.273. The van der Waals surface area contributed by atoms with Gasteiger partial charge >= 0.3 is 5.97 Å². The highest BCUT2D eigenvalue weighted by Gasteiger charge is 2.21. The number of nitrogens with zero attached hydrogens (tertiary/aromatic N) is 1. The Hall–Kier alpha value is -1.80. The van der Waals surface area contributed by atoms with Crippen molar-refractivity contribution in [2.24, 2.45) is 0 Å². The van der Waals surface area contributed by atoms with Crippen molar-refractivity contribution < 1.29 is 19.6 Å². The molecule has 1 atom stereocenters. The summed E-state index contributed by atoms with van der Waals surface area (Å²) >= 11 is 6.71. The summed E-state index contributed by atoms with van der Waals surface area (Å²) in [6, 6.07) is 2.89. The molecule has 0 heterocycles. The van der Waals surface area contributed by atoms with Crippen LogP contribution in [0.25, 0.3) is 0 Å². The normalized spacial score (nSPS) is 11.7. The number of hydrogen-bond donors (Lipinski definition) is 2. The molecule has 0 aliphatic rings. The van der Waals surface area contributed by atoms with E-state index in [-0.39, 0.29) is 16.3 Å². The standard InChI is InChI=1S/C11H11ClN2O5S/c1-6(15)13-8(11(16)17)5-20-10-4-7(12)2-3-9(10)14(18)19/h2-4,8H,5H2,1H3,(H,13,15)(H,16,17)/t8-/m0/s1. The molecular weight excluding hydrogens is 308 g/mol. The van der Waals surface area contributed by atoms with E-state index in [1.54, 1.807) is 0 Å². The van der Waals surface area contributed by atoms with Crippen molar-refractivity contribution in [1.29, 1.82) is 0 Å². The van der Waals surface area contributed by atoms with E-state index in [4.69, 9.17) is 16.7 Å². The third-order valence-corrected chi connectivity index (χ3v) is 3.57. The van der Waals surface area contributed by atoms with Gasteiger partial charge in [0.25, 0.3) is 5.69 Å². The number of halogens is 1. The molecule has 0 unspecified atom stereocenters. The third kappa shape index (κ3) is 4.71. The Morgan fingerprint density at radius 1 is 1.55 bits per heavy atom. The van der Waals surface area contributed by atoms with Gasteiger partial charge in [0.15, 0.2) is 0 Å². The molecule has 0 aromatic heterocycles. The molecule has 0 radical (unpaired) electrons. The molecule has 0 aliphatic carbocycles. The highest BCUT2D eigenvalue weighted by atomic mass is 35.5. The van der Waals surface area contributed by atoms with Crippen molar-refractivity contribution in [2.75, 3.05) is 5.75 Å². The van der Waals surface area contributed by atoms with Gasteiger partial charge in [0.2, 0.25) is 5.91 Å². The quantitative estimate of drug-likeness (QED) is 0.471. The van der Waals surface area contributed by atoms with Gasteiger partial charge in [-0.25, -0.2) is 4.79 Å². The Labute approximate surface area is 123 Å². The predicted octanol–water partition coefficient (Wildman–Crippen LogP) is 1.93. The van der Waals surface area contributed by atoms with Crippen LogP contribution in [-0.4, -0.2) is 33.7 Å². The topological polar surface area (TPSA) is 110 Å². The largest absolute Gasteiger partial charge is 0.480 e. The minimum Gasteiger partial charge on any atom is -0.480 e. The number of amides is 1. The Morgan fingerprint density at radius 2 is 2.20 bits per heavy atom. The number of carbonyl (C=O) groups excluding carboxylic acids is 1. The van der Waals surface area contributed by atoms with Crippen molar-refractivity contribution in [3.05, 3.63) is 33.3 Å². The second-order valence-electron chi connectivity index (χ2n) is 3.77. The van der Waals surface area contributed by atoms with Gasteiger partial charge in [0.1, 0.15) is 6.04 Å². The average Bonchev–Trinajstić information content (AvgIpc) is 2.33. The van der Waals surface area contributed by atoms with E-state index in [2.05, 4.69) is 5.32 Å². The molecule has 7 nitrogen and oxygen atoms in total. The van der Waals surface area contributed by atoms with E-state index in [0.29, 0.717) is 5.02 Å². The number of nitro groups is 1. The number of carboxylic acids is 1. The van der Waals surface area contributed by atoms with Crippen LogP contribution in [0.3, 0.4) is 0 Å². The maximum atomic E-state index is 11.0. The van der Waals surface area contributed by atoms with Gasteiger partial charge in [0.05, 0.1) is 9.82 Å². The molecule has 1 aromatic rings. The van der Waals surface area contributed by atoms with E-state index in [1.165, 1.54) is 25.1 Å². The van der Waals surface area contributed by atoms with Gasteiger partial charge in [-0.15, -0.1) is 11.8 Å². The number of aliphatic carboxylic acids is 1. The first kappa shape index (κ1) is 16.3. The summed E-state index contributed by atoms with van der Waals surface area (Å²) in [5.74, 6) is -1.74. The van der Waals surface area contributed by atoms with E-state index in [0.717, 1.165) is 11.8 Å². The number of benzene rings is 1. The Bertz CT molecular complexity index is 552. The molecule has 1 rings (SSSR count). The van der Waals surface area contributed by atoms with Crippen LogP contribution in [-0.2, 0) is 9.59 Å². The first-order chi connectivity index (χ1) is 9.31. The Kier molecular flexibility index (Phi) is 5.78. The average molecular weight is 319 g/mol. The minimum atomic E-state index is -1.21. The van der Waals surface area contributed by atoms with Gasteiger partial charge in [-0.1, -0.05) is 11.6 Å². The lowest BCUT2D eigenvalue weighted by molar-refractivity contribution is -0.387. The van der Waals surface area contributed by atoms with Crippen LogP contribution in [0.4, 0.5) is 5.69 Å². The summed E-state index contributed by atoms with van der Waals surface area (Å²) in [6.45, 7) is 1.20. The van der Waals surface area contributed by atoms with E-state index in [9.17, 15) is 19.7 Å². The fourth-order valence-electron chi connectivity index (χ4n) is 1.35. The third-order valence-electron chi connectivity index (χ3n) is 2.20. The predicted molar refractivity (Wildman–Crippen MR) is 74.1 cm³/mol. The van der Waals surface area contributed by atoms with Crippen molar-refractivity contribution in [2.45, 2.75) is 17.9 Å². The molecule has 0 saturated heterocycles. The van der Waals surface area contributed by atoms with Crippen molar-refractivity contribution in [1.82, 2.24) is 5.32 Å². The zero-order chi connectivity index (χ0) is 15.3. The molecule has 9 heteroatoms. The van der Waals surface area contributed by atoms with Crippen molar-refractivity contribution in [3.63, 3.8) is 0 Å². The van der Waals surface area contributed by atoms with Gasteiger partial charge in [-0.2, -0.15) is 0 Å². The second kappa shape index (κ2) is 7.11. The Balaban J connectivity index is 2.87. The molecule has 2 N–H and O–H groups in total. The van der Waals surface area contributed by atoms with Crippen LogP contribution in [0.15, 0.2) is 23.1 Å². The molecule has 0 bridgehead atoms. The molecule has 20 heavy (non-hydrogen) atoms. The summed E-state index contributed by atoms with van der Waals surface area (Å²) in [5, 5.41) is 22.4. The number of nitro benzene ring substituents is 1. The molecular formula is C11H11ClN2O5S. The lowest BCUT2D eigenvalue weighted by Crippen LogP contribution is -2.41. The number of thioether (sulfide) groups is 1. The smallest absolute Gasteiger partial charge is 0.327 e. The molecule has 108 valence electrons. The lowest BCUT2D eigenvalue weighted by atomic mass is 10.3. The summed E-state index contributed by atoms with van der Waals surface area (Å²) in [5.41, 5.74) is -0.161. The Morgan fingerprint density at radius 3 is 2.70 bits per heavy atom.